The van der Waals surface area contributed by atoms with Crippen LogP contribution in [0.1, 0.15) is 30.7 Å². The van der Waals surface area contributed by atoms with Gasteiger partial charge < -0.3 is 0 Å². The highest BCUT2D eigenvalue weighted by Crippen LogP contribution is 2.07. The van der Waals surface area contributed by atoms with E-state index in [1.54, 1.807) is 25.1 Å². The zero-order valence-electron chi connectivity index (χ0n) is 14.4. The van der Waals surface area contributed by atoms with E-state index in [-0.39, 0.29) is 0 Å². The fraction of sp³-hybridized carbons (Fsp3) is 0.211. The van der Waals surface area contributed by atoms with Gasteiger partial charge in [0.15, 0.2) is 0 Å². The van der Waals surface area contributed by atoms with Gasteiger partial charge in [-0.15, -0.1) is 4.73 Å². The molecule has 25 heavy (non-hydrogen) atoms. The molecule has 0 saturated heterocycles. The highest BCUT2D eigenvalue weighted by Gasteiger charge is 2.20. The standard InChI is InChI=1S/C19H21NO4S/c1-15(2)25(22,23)24-20-18(13-16(3)14-19(20)21)12-8-7-11-17-9-5-4-6-10-17/h4-15H,1-3H3. The van der Waals surface area contributed by atoms with E-state index in [1.165, 1.54) is 19.9 Å². The van der Waals surface area contributed by atoms with Gasteiger partial charge in [0.2, 0.25) is 0 Å². The first-order valence-electron chi connectivity index (χ1n) is 7.87. The van der Waals surface area contributed by atoms with Gasteiger partial charge in [-0.2, -0.15) is 8.42 Å². The monoisotopic (exact) mass is 359 g/mol. The Morgan fingerprint density at radius 1 is 1.04 bits per heavy atom. The molecular weight excluding hydrogens is 338 g/mol. The second-order valence-corrected chi connectivity index (χ2v) is 7.91. The summed E-state index contributed by atoms with van der Waals surface area (Å²) in [4.78, 5) is 12.1. The number of aromatic nitrogens is 1. The van der Waals surface area contributed by atoms with E-state index in [9.17, 15) is 13.2 Å². The lowest BCUT2D eigenvalue weighted by atomic mass is 10.2. The first-order valence-corrected chi connectivity index (χ1v) is 9.34. The zero-order valence-corrected chi connectivity index (χ0v) is 15.2. The van der Waals surface area contributed by atoms with E-state index in [0.717, 1.165) is 15.9 Å². The lowest BCUT2D eigenvalue weighted by Crippen LogP contribution is -2.35. The van der Waals surface area contributed by atoms with Crippen molar-refractivity contribution in [2.45, 2.75) is 26.0 Å². The van der Waals surface area contributed by atoms with Crippen LogP contribution in [-0.2, 0) is 10.1 Å². The van der Waals surface area contributed by atoms with Crippen molar-refractivity contribution in [2.24, 2.45) is 0 Å². The predicted octanol–water partition coefficient (Wildman–Crippen LogP) is 3.05. The number of hydrogen-bond donors (Lipinski definition) is 0. The Hall–Kier alpha value is -2.60. The summed E-state index contributed by atoms with van der Waals surface area (Å²) in [6.07, 6.45) is 7.07. The Balaban J connectivity index is 2.32. The third-order valence-electron chi connectivity index (χ3n) is 3.38. The van der Waals surface area contributed by atoms with Crippen LogP contribution in [0.2, 0.25) is 0 Å². The van der Waals surface area contributed by atoms with Crippen molar-refractivity contribution in [3.8, 4) is 0 Å². The minimum absolute atomic E-state index is 0.354. The van der Waals surface area contributed by atoms with E-state index < -0.39 is 20.9 Å². The topological polar surface area (TPSA) is 65.4 Å². The maximum Gasteiger partial charge on any atom is 0.329 e. The molecule has 132 valence electrons. The molecule has 2 aromatic rings. The quantitative estimate of drug-likeness (QED) is 0.744. The average molecular weight is 359 g/mol. The first-order chi connectivity index (χ1) is 11.8. The zero-order chi connectivity index (χ0) is 18.4. The van der Waals surface area contributed by atoms with Crippen molar-refractivity contribution in [3.63, 3.8) is 0 Å². The van der Waals surface area contributed by atoms with Crippen LogP contribution in [0.5, 0.6) is 0 Å². The van der Waals surface area contributed by atoms with Crippen LogP contribution < -0.4 is 9.84 Å². The number of aryl methyl sites for hydroxylation is 1. The molecule has 0 radical (unpaired) electrons. The normalized spacial score (nSPS) is 12.3. The van der Waals surface area contributed by atoms with Gasteiger partial charge >= 0.3 is 10.1 Å². The summed E-state index contributed by atoms with van der Waals surface area (Å²) >= 11 is 0. The second-order valence-electron chi connectivity index (χ2n) is 5.84. The van der Waals surface area contributed by atoms with E-state index >= 15 is 0 Å². The molecule has 1 aromatic carbocycles. The van der Waals surface area contributed by atoms with Gasteiger partial charge in [0.1, 0.15) is 0 Å². The Bertz CT molecular complexity index is 939. The van der Waals surface area contributed by atoms with Crippen LogP contribution in [0.15, 0.2) is 59.4 Å². The van der Waals surface area contributed by atoms with Crippen molar-refractivity contribution in [3.05, 3.63) is 81.8 Å². The van der Waals surface area contributed by atoms with Gasteiger partial charge in [-0.25, -0.2) is 0 Å². The van der Waals surface area contributed by atoms with Gasteiger partial charge in [0.05, 0.1) is 10.9 Å². The molecule has 1 aromatic heterocycles. The summed E-state index contributed by atoms with van der Waals surface area (Å²) < 4.78 is 29.8. The number of hydrogen-bond acceptors (Lipinski definition) is 4. The van der Waals surface area contributed by atoms with Crippen LogP contribution in [0.4, 0.5) is 0 Å². The summed E-state index contributed by atoms with van der Waals surface area (Å²) in [5.41, 5.74) is 1.58. The molecule has 0 fully saturated rings. The molecule has 0 atom stereocenters. The molecule has 0 unspecified atom stereocenters. The molecule has 0 spiro atoms. The van der Waals surface area contributed by atoms with Crippen LogP contribution >= 0.6 is 0 Å². The van der Waals surface area contributed by atoms with Crippen molar-refractivity contribution in [1.29, 1.82) is 0 Å². The predicted molar refractivity (Wildman–Crippen MR) is 101 cm³/mol. The summed E-state index contributed by atoms with van der Waals surface area (Å²) in [6, 6.07) is 12.7. The van der Waals surface area contributed by atoms with Crippen LogP contribution in [-0.4, -0.2) is 18.4 Å². The molecule has 0 aliphatic heterocycles. The smallest absolute Gasteiger partial charge is 0.283 e. The third-order valence-corrected chi connectivity index (χ3v) is 4.90. The Morgan fingerprint density at radius 2 is 1.68 bits per heavy atom. The van der Waals surface area contributed by atoms with Crippen molar-refractivity contribution < 1.29 is 12.7 Å². The van der Waals surface area contributed by atoms with Crippen LogP contribution in [0, 0.1) is 6.92 Å². The molecule has 0 aliphatic rings. The summed E-state index contributed by atoms with van der Waals surface area (Å²) in [7, 11) is -3.87. The summed E-state index contributed by atoms with van der Waals surface area (Å²) in [5, 5.41) is -0.754. The minimum atomic E-state index is -3.87. The van der Waals surface area contributed by atoms with E-state index in [4.69, 9.17) is 4.28 Å². The Labute approximate surface area is 148 Å². The maximum absolute atomic E-state index is 12.1. The molecule has 5 nitrogen and oxygen atoms in total. The molecular formula is C19H21NO4S. The van der Waals surface area contributed by atoms with E-state index in [0.29, 0.717) is 5.69 Å². The lowest BCUT2D eigenvalue weighted by molar-refractivity contribution is 0.261. The molecule has 0 N–H and O–H groups in total. The van der Waals surface area contributed by atoms with E-state index in [1.807, 2.05) is 42.5 Å². The Morgan fingerprint density at radius 3 is 2.32 bits per heavy atom. The van der Waals surface area contributed by atoms with Crippen LogP contribution in [0.25, 0.3) is 12.2 Å². The van der Waals surface area contributed by atoms with Gasteiger partial charge in [-0.1, -0.05) is 48.6 Å². The molecule has 0 aliphatic carbocycles. The van der Waals surface area contributed by atoms with Gasteiger partial charge in [-0.05, 0) is 44.0 Å². The molecule has 2 rings (SSSR count). The molecule has 6 heteroatoms. The van der Waals surface area contributed by atoms with E-state index in [2.05, 4.69) is 0 Å². The van der Waals surface area contributed by atoms with Crippen molar-refractivity contribution in [2.75, 3.05) is 0 Å². The number of benzene rings is 1. The Kier molecular flexibility index (Phi) is 5.98. The van der Waals surface area contributed by atoms with Gasteiger partial charge in [-0.3, -0.25) is 9.08 Å². The lowest BCUT2D eigenvalue weighted by Gasteiger charge is -2.13. The number of pyridine rings is 1. The second kappa shape index (κ2) is 7.98. The van der Waals surface area contributed by atoms with Gasteiger partial charge in [0, 0.05) is 6.07 Å². The summed E-state index contributed by atoms with van der Waals surface area (Å²) in [5.74, 6) is 0. The summed E-state index contributed by atoms with van der Waals surface area (Å²) in [6.45, 7) is 4.75. The van der Waals surface area contributed by atoms with Gasteiger partial charge in [0.25, 0.3) is 5.56 Å². The number of nitrogens with zero attached hydrogens (tertiary/aromatic N) is 1. The third kappa shape index (κ3) is 5.19. The molecule has 1 heterocycles. The van der Waals surface area contributed by atoms with Crippen LogP contribution in [0.3, 0.4) is 0 Å². The largest absolute Gasteiger partial charge is 0.329 e. The highest BCUT2D eigenvalue weighted by molar-refractivity contribution is 7.87. The number of allylic oxidation sites excluding steroid dienone is 2. The molecule has 0 bridgehead atoms. The fourth-order valence-corrected chi connectivity index (χ4v) is 2.52. The maximum atomic E-state index is 12.1. The van der Waals surface area contributed by atoms with Crippen molar-refractivity contribution >= 4 is 22.3 Å². The van der Waals surface area contributed by atoms with Crippen molar-refractivity contribution in [1.82, 2.24) is 4.73 Å². The minimum Gasteiger partial charge on any atom is -0.283 e. The number of rotatable bonds is 6. The SMILES string of the molecule is Cc1cc(C=CC=Cc2ccccc2)n(OS(=O)(=O)C(C)C)c(=O)c1. The highest BCUT2D eigenvalue weighted by atomic mass is 32.2. The first kappa shape index (κ1) is 18.7. The fourth-order valence-electron chi connectivity index (χ4n) is 1.98. The molecule has 0 saturated carbocycles. The molecule has 0 amide bonds. The average Bonchev–Trinajstić information content (AvgIpc) is 2.55.